The Morgan fingerprint density at radius 3 is 2.60 bits per heavy atom. The van der Waals surface area contributed by atoms with Gasteiger partial charge in [0.15, 0.2) is 0 Å². The Balaban J connectivity index is 3.01. The predicted molar refractivity (Wildman–Crippen MR) is 103 cm³/mol. The molecule has 0 aromatic heterocycles. The first-order valence-corrected chi connectivity index (χ1v) is 8.70. The topological polar surface area (TPSA) is 99.5 Å². The quantitative estimate of drug-likeness (QED) is 0.286. The van der Waals surface area contributed by atoms with E-state index < -0.39 is 5.54 Å². The van der Waals surface area contributed by atoms with Gasteiger partial charge in [-0.15, -0.1) is 0 Å². The van der Waals surface area contributed by atoms with Crippen LogP contribution in [-0.2, 0) is 9.59 Å². The van der Waals surface area contributed by atoms with E-state index in [2.05, 4.69) is 16.1 Å². The highest BCUT2D eigenvalue weighted by atomic mass is 35.5. The first kappa shape index (κ1) is 21.1. The van der Waals surface area contributed by atoms with Crippen LogP contribution >= 0.6 is 11.6 Å². The number of amides is 2. The van der Waals surface area contributed by atoms with Gasteiger partial charge in [0.05, 0.1) is 5.69 Å². The molecule has 7 nitrogen and oxygen atoms in total. The minimum absolute atomic E-state index is 0.176. The summed E-state index contributed by atoms with van der Waals surface area (Å²) >= 11 is 6.16. The fourth-order valence-electron chi connectivity index (χ4n) is 2.82. The van der Waals surface area contributed by atoms with Gasteiger partial charge in [0.2, 0.25) is 12.3 Å². The lowest BCUT2D eigenvalue weighted by Crippen LogP contribution is -2.57. The Kier molecular flexibility index (Phi) is 7.99. The third-order valence-corrected chi connectivity index (χ3v) is 4.71. The Morgan fingerprint density at radius 1 is 1.40 bits per heavy atom. The zero-order chi connectivity index (χ0) is 19.0. The van der Waals surface area contributed by atoms with Gasteiger partial charge in [-0.3, -0.25) is 15.4 Å². The predicted octanol–water partition coefficient (Wildman–Crippen LogP) is 1.79. The minimum Gasteiger partial charge on any atom is -0.374 e. The summed E-state index contributed by atoms with van der Waals surface area (Å²) in [6.07, 6.45) is 1.54. The second kappa shape index (κ2) is 9.48. The lowest BCUT2D eigenvalue weighted by atomic mass is 9.90. The molecule has 140 valence electrons. The van der Waals surface area contributed by atoms with Crippen LogP contribution in [0.3, 0.4) is 0 Å². The Morgan fingerprint density at radius 2 is 2.08 bits per heavy atom. The van der Waals surface area contributed by atoms with Gasteiger partial charge < -0.3 is 21.0 Å². The van der Waals surface area contributed by atoms with Crippen LogP contribution in [-0.4, -0.2) is 38.0 Å². The van der Waals surface area contributed by atoms with E-state index in [1.54, 1.807) is 6.07 Å². The van der Waals surface area contributed by atoms with E-state index in [0.717, 1.165) is 16.9 Å². The summed E-state index contributed by atoms with van der Waals surface area (Å²) in [5.41, 5.74) is 4.31. The summed E-state index contributed by atoms with van der Waals surface area (Å²) in [5.74, 6) is 5.36. The van der Waals surface area contributed by atoms with Crippen LogP contribution in [0.25, 0.3) is 0 Å². The van der Waals surface area contributed by atoms with Crippen LogP contribution in [0, 0.1) is 6.92 Å². The molecule has 0 heterocycles. The van der Waals surface area contributed by atoms with Gasteiger partial charge >= 0.3 is 0 Å². The third kappa shape index (κ3) is 4.99. The van der Waals surface area contributed by atoms with Crippen molar-refractivity contribution >= 4 is 35.3 Å². The van der Waals surface area contributed by atoms with E-state index in [4.69, 9.17) is 17.4 Å². The van der Waals surface area contributed by atoms with Crippen LogP contribution in [0.4, 0.5) is 11.4 Å². The zero-order valence-electron chi connectivity index (χ0n) is 15.3. The normalized spacial score (nSPS) is 12.9. The number of nitrogens with one attached hydrogen (secondary N) is 3. The van der Waals surface area contributed by atoms with E-state index in [-0.39, 0.29) is 5.91 Å². The van der Waals surface area contributed by atoms with Crippen molar-refractivity contribution in [3.8, 4) is 0 Å². The van der Waals surface area contributed by atoms with Crippen molar-refractivity contribution in [3.05, 3.63) is 22.7 Å². The van der Waals surface area contributed by atoms with Gasteiger partial charge in [-0.25, -0.2) is 0 Å². The highest BCUT2D eigenvalue weighted by Crippen LogP contribution is 2.31. The highest BCUT2D eigenvalue weighted by Gasteiger charge is 2.35. The third-order valence-electron chi connectivity index (χ3n) is 4.50. The molecule has 8 heteroatoms. The SMILES string of the molecule is CCNC(=O)C(CC)(CCN(C)c1cc(Cl)cc(NN)c1C)NC=O. The average molecular weight is 370 g/mol. The van der Waals surface area contributed by atoms with Crippen molar-refractivity contribution in [3.63, 3.8) is 0 Å². The zero-order valence-corrected chi connectivity index (χ0v) is 16.0. The number of hydrogen-bond acceptors (Lipinski definition) is 5. The van der Waals surface area contributed by atoms with Crippen LogP contribution < -0.4 is 26.8 Å². The number of nitrogen functional groups attached to an aromatic ring is 1. The number of halogens is 1. The fourth-order valence-corrected chi connectivity index (χ4v) is 3.04. The lowest BCUT2D eigenvalue weighted by molar-refractivity contribution is -0.130. The van der Waals surface area contributed by atoms with Crippen LogP contribution in [0.15, 0.2) is 12.1 Å². The highest BCUT2D eigenvalue weighted by molar-refractivity contribution is 6.31. The van der Waals surface area contributed by atoms with E-state index >= 15 is 0 Å². The largest absolute Gasteiger partial charge is 0.374 e. The number of hydrazine groups is 1. The Labute approximate surface area is 154 Å². The summed E-state index contributed by atoms with van der Waals surface area (Å²) in [7, 11) is 1.91. The summed E-state index contributed by atoms with van der Waals surface area (Å²) in [6, 6.07) is 3.61. The van der Waals surface area contributed by atoms with Crippen molar-refractivity contribution in [1.82, 2.24) is 10.6 Å². The van der Waals surface area contributed by atoms with Crippen molar-refractivity contribution < 1.29 is 9.59 Å². The molecule has 0 aliphatic carbocycles. The fraction of sp³-hybridized carbons (Fsp3) is 0.529. The molecule has 5 N–H and O–H groups in total. The molecule has 0 radical (unpaired) electrons. The number of likely N-dealkylation sites (N-methyl/N-ethyl adjacent to an activating group) is 1. The van der Waals surface area contributed by atoms with Gasteiger partial charge in [-0.2, -0.15) is 0 Å². The molecule has 1 rings (SSSR count). The molecule has 0 fully saturated rings. The van der Waals surface area contributed by atoms with Gasteiger partial charge in [0.25, 0.3) is 0 Å². The van der Waals surface area contributed by atoms with Crippen LogP contribution in [0.5, 0.6) is 0 Å². The number of benzene rings is 1. The first-order valence-electron chi connectivity index (χ1n) is 8.32. The van der Waals surface area contributed by atoms with Crippen molar-refractivity contribution in [1.29, 1.82) is 0 Å². The van der Waals surface area contributed by atoms with Crippen molar-refractivity contribution in [2.24, 2.45) is 5.84 Å². The summed E-state index contributed by atoms with van der Waals surface area (Å²) in [5, 5.41) is 6.07. The lowest BCUT2D eigenvalue weighted by Gasteiger charge is -2.33. The van der Waals surface area contributed by atoms with Crippen molar-refractivity contribution in [2.45, 2.75) is 39.2 Å². The van der Waals surface area contributed by atoms with E-state index in [1.165, 1.54) is 0 Å². The molecule has 0 aliphatic heterocycles. The second-order valence-corrected chi connectivity index (χ2v) is 6.41. The Hall–Kier alpha value is -1.99. The number of nitrogens with two attached hydrogens (primary N) is 1. The van der Waals surface area contributed by atoms with E-state index in [1.807, 2.05) is 38.8 Å². The molecular formula is C17H28ClN5O2. The van der Waals surface area contributed by atoms with Gasteiger partial charge in [-0.1, -0.05) is 18.5 Å². The first-order chi connectivity index (χ1) is 11.8. The molecule has 0 spiro atoms. The molecule has 1 aromatic rings. The molecule has 0 saturated heterocycles. The average Bonchev–Trinajstić information content (AvgIpc) is 2.60. The Bertz CT molecular complexity index is 611. The molecule has 2 amide bonds. The maximum atomic E-state index is 12.5. The molecule has 25 heavy (non-hydrogen) atoms. The van der Waals surface area contributed by atoms with E-state index in [9.17, 15) is 9.59 Å². The molecule has 0 bridgehead atoms. The van der Waals surface area contributed by atoms with Gasteiger partial charge in [0.1, 0.15) is 5.54 Å². The number of anilines is 2. The maximum Gasteiger partial charge on any atom is 0.245 e. The maximum absolute atomic E-state index is 12.5. The smallest absolute Gasteiger partial charge is 0.245 e. The monoisotopic (exact) mass is 369 g/mol. The van der Waals surface area contributed by atoms with E-state index in [0.29, 0.717) is 37.4 Å². The summed E-state index contributed by atoms with van der Waals surface area (Å²) in [4.78, 5) is 25.5. The number of rotatable bonds is 10. The van der Waals surface area contributed by atoms with Crippen LogP contribution in [0.2, 0.25) is 5.02 Å². The van der Waals surface area contributed by atoms with Gasteiger partial charge in [-0.05, 0) is 44.4 Å². The summed E-state index contributed by atoms with van der Waals surface area (Å²) in [6.45, 7) is 6.74. The van der Waals surface area contributed by atoms with Crippen LogP contribution in [0.1, 0.15) is 32.3 Å². The number of carbonyl (C=O) groups is 2. The molecule has 0 aliphatic rings. The second-order valence-electron chi connectivity index (χ2n) is 5.97. The molecular weight excluding hydrogens is 342 g/mol. The number of carbonyl (C=O) groups excluding carboxylic acids is 2. The summed E-state index contributed by atoms with van der Waals surface area (Å²) < 4.78 is 0. The molecule has 1 atom stereocenters. The molecule has 0 saturated carbocycles. The number of nitrogens with zero attached hydrogens (tertiary/aromatic N) is 1. The molecule has 1 unspecified atom stereocenters. The number of hydrogen-bond donors (Lipinski definition) is 4. The van der Waals surface area contributed by atoms with Gasteiger partial charge in [0, 0.05) is 30.8 Å². The van der Waals surface area contributed by atoms with Crippen molar-refractivity contribution in [2.75, 3.05) is 30.5 Å². The standard InChI is InChI=1S/C17H28ClN5O2/c1-5-17(21-11-24,16(25)20-6-2)7-8-23(4)15-10-13(18)9-14(22-19)12(15)3/h9-11,22H,5-8,19H2,1-4H3,(H,20,25)(H,21,24). The minimum atomic E-state index is -0.937. The molecule has 1 aromatic carbocycles.